The number of nitrogens with one attached hydrogen (secondary N) is 1. The average molecular weight is 382 g/mol. The van der Waals surface area contributed by atoms with Crippen LogP contribution in [0.2, 0.25) is 0 Å². The van der Waals surface area contributed by atoms with E-state index in [9.17, 15) is 9.59 Å². The van der Waals surface area contributed by atoms with E-state index in [1.54, 1.807) is 54.5 Å². The zero-order valence-corrected chi connectivity index (χ0v) is 16.5. The second kappa shape index (κ2) is 8.78. The Labute approximate surface area is 165 Å². The fourth-order valence-electron chi connectivity index (χ4n) is 3.20. The Morgan fingerprint density at radius 2 is 1.86 bits per heavy atom. The molecule has 1 N–H and O–H groups in total. The molecule has 0 radical (unpaired) electrons. The lowest BCUT2D eigenvalue weighted by atomic mass is 10.1. The minimum atomic E-state index is -0.225. The number of rotatable bonds is 6. The van der Waals surface area contributed by atoms with Gasteiger partial charge in [0.05, 0.1) is 18.9 Å². The van der Waals surface area contributed by atoms with E-state index in [0.29, 0.717) is 35.7 Å². The van der Waals surface area contributed by atoms with Crippen LogP contribution < -0.4 is 19.7 Å². The van der Waals surface area contributed by atoms with Crippen molar-refractivity contribution in [3.8, 4) is 11.5 Å². The third kappa shape index (κ3) is 4.63. The zero-order chi connectivity index (χ0) is 20.1. The highest BCUT2D eigenvalue weighted by atomic mass is 16.5. The number of hydrogen-bond acceptors (Lipinski definition) is 4. The third-order valence-corrected chi connectivity index (χ3v) is 4.54. The molecule has 2 aromatic rings. The first-order chi connectivity index (χ1) is 13.5. The fraction of sp³-hybridized carbons (Fsp3) is 0.364. The van der Waals surface area contributed by atoms with E-state index in [-0.39, 0.29) is 17.9 Å². The van der Waals surface area contributed by atoms with E-state index >= 15 is 0 Å². The number of carbonyl (C=O) groups excluding carboxylic acids is 2. The molecule has 148 valence electrons. The second-order valence-corrected chi connectivity index (χ2v) is 7.03. The molecule has 28 heavy (non-hydrogen) atoms. The van der Waals surface area contributed by atoms with Crippen molar-refractivity contribution in [2.75, 3.05) is 23.9 Å². The van der Waals surface area contributed by atoms with Gasteiger partial charge in [-0.3, -0.25) is 9.59 Å². The van der Waals surface area contributed by atoms with E-state index in [2.05, 4.69) is 5.32 Å². The van der Waals surface area contributed by atoms with Crippen LogP contribution in [-0.2, 0) is 4.79 Å². The van der Waals surface area contributed by atoms with Crippen molar-refractivity contribution in [2.24, 2.45) is 0 Å². The SMILES string of the molecule is COc1ccc(NC(=O)c2ccc(OC(C)C)cc2)cc1N1CCCCC1=O. The monoisotopic (exact) mass is 382 g/mol. The molecular formula is C22H26N2O4. The molecular weight excluding hydrogens is 356 g/mol. The van der Waals surface area contributed by atoms with Crippen LogP contribution in [0.15, 0.2) is 42.5 Å². The molecule has 2 aromatic carbocycles. The number of piperidine rings is 1. The first kappa shape index (κ1) is 19.7. The van der Waals surface area contributed by atoms with Crippen molar-refractivity contribution in [2.45, 2.75) is 39.2 Å². The number of carbonyl (C=O) groups is 2. The van der Waals surface area contributed by atoms with Crippen LogP contribution in [0, 0.1) is 0 Å². The lowest BCUT2D eigenvalue weighted by molar-refractivity contribution is -0.119. The van der Waals surface area contributed by atoms with Crippen molar-refractivity contribution in [1.29, 1.82) is 0 Å². The number of hydrogen-bond donors (Lipinski definition) is 1. The van der Waals surface area contributed by atoms with Gasteiger partial charge in [0.25, 0.3) is 5.91 Å². The number of nitrogens with zero attached hydrogens (tertiary/aromatic N) is 1. The summed E-state index contributed by atoms with van der Waals surface area (Å²) in [5, 5.41) is 2.89. The number of amides is 2. The molecule has 2 amide bonds. The maximum atomic E-state index is 12.6. The Morgan fingerprint density at radius 3 is 2.50 bits per heavy atom. The van der Waals surface area contributed by atoms with Gasteiger partial charge in [0.2, 0.25) is 5.91 Å². The Balaban J connectivity index is 1.77. The molecule has 0 unspecified atom stereocenters. The summed E-state index contributed by atoms with van der Waals surface area (Å²) in [7, 11) is 1.58. The topological polar surface area (TPSA) is 67.9 Å². The zero-order valence-electron chi connectivity index (χ0n) is 16.5. The largest absolute Gasteiger partial charge is 0.495 e. The van der Waals surface area contributed by atoms with Gasteiger partial charge in [-0.2, -0.15) is 0 Å². The van der Waals surface area contributed by atoms with Gasteiger partial charge in [0.1, 0.15) is 11.5 Å². The molecule has 6 nitrogen and oxygen atoms in total. The van der Waals surface area contributed by atoms with Gasteiger partial charge in [-0.15, -0.1) is 0 Å². The molecule has 0 aliphatic carbocycles. The normalized spacial score (nSPS) is 14.1. The van der Waals surface area contributed by atoms with Crippen LogP contribution in [0.25, 0.3) is 0 Å². The van der Waals surface area contributed by atoms with Crippen molar-refractivity contribution in [3.63, 3.8) is 0 Å². The third-order valence-electron chi connectivity index (χ3n) is 4.54. The summed E-state index contributed by atoms with van der Waals surface area (Å²) < 4.78 is 11.0. The van der Waals surface area contributed by atoms with Crippen LogP contribution >= 0.6 is 0 Å². The van der Waals surface area contributed by atoms with E-state index in [1.807, 2.05) is 13.8 Å². The molecule has 0 atom stereocenters. The number of ether oxygens (including phenoxy) is 2. The number of benzene rings is 2. The molecule has 1 aliphatic heterocycles. The Hall–Kier alpha value is -3.02. The molecule has 1 aliphatic rings. The highest BCUT2D eigenvalue weighted by Crippen LogP contribution is 2.33. The highest BCUT2D eigenvalue weighted by Gasteiger charge is 2.23. The predicted octanol–water partition coefficient (Wildman–Crippen LogP) is 4.25. The van der Waals surface area contributed by atoms with Crippen LogP contribution in [0.5, 0.6) is 11.5 Å². The van der Waals surface area contributed by atoms with Gasteiger partial charge in [-0.05, 0) is 69.2 Å². The van der Waals surface area contributed by atoms with Crippen LogP contribution in [0.1, 0.15) is 43.5 Å². The molecule has 3 rings (SSSR count). The predicted molar refractivity (Wildman–Crippen MR) is 109 cm³/mol. The summed E-state index contributed by atoms with van der Waals surface area (Å²) in [5.74, 6) is 1.19. The van der Waals surface area contributed by atoms with Crippen molar-refractivity contribution < 1.29 is 19.1 Å². The van der Waals surface area contributed by atoms with Crippen molar-refractivity contribution in [3.05, 3.63) is 48.0 Å². The molecule has 1 saturated heterocycles. The quantitative estimate of drug-likeness (QED) is 0.811. The summed E-state index contributed by atoms with van der Waals surface area (Å²) in [6, 6.07) is 12.3. The number of anilines is 2. The molecule has 0 aromatic heterocycles. The van der Waals surface area contributed by atoms with Crippen LogP contribution in [-0.4, -0.2) is 31.6 Å². The van der Waals surface area contributed by atoms with Gasteiger partial charge >= 0.3 is 0 Å². The molecule has 0 bridgehead atoms. The summed E-state index contributed by atoms with van der Waals surface area (Å²) in [4.78, 5) is 26.6. The minimum absolute atomic E-state index is 0.0776. The Kier molecular flexibility index (Phi) is 6.19. The van der Waals surface area contributed by atoms with E-state index in [0.717, 1.165) is 18.6 Å². The lowest BCUT2D eigenvalue weighted by Crippen LogP contribution is -2.35. The first-order valence-corrected chi connectivity index (χ1v) is 9.54. The molecule has 0 spiro atoms. The standard InChI is InChI=1S/C22H26N2O4/c1-15(2)28-18-10-7-16(8-11-18)22(26)23-17-9-12-20(27-3)19(14-17)24-13-5-4-6-21(24)25/h7-12,14-15H,4-6,13H2,1-3H3,(H,23,26). The van der Waals surface area contributed by atoms with E-state index < -0.39 is 0 Å². The summed E-state index contributed by atoms with van der Waals surface area (Å²) in [6.07, 6.45) is 2.47. The number of methoxy groups -OCH3 is 1. The maximum absolute atomic E-state index is 12.6. The van der Waals surface area contributed by atoms with E-state index in [4.69, 9.17) is 9.47 Å². The molecule has 1 heterocycles. The lowest BCUT2D eigenvalue weighted by Gasteiger charge is -2.28. The van der Waals surface area contributed by atoms with Gasteiger partial charge in [0, 0.05) is 24.2 Å². The van der Waals surface area contributed by atoms with Crippen molar-refractivity contribution in [1.82, 2.24) is 0 Å². The van der Waals surface area contributed by atoms with Gasteiger partial charge in [-0.25, -0.2) is 0 Å². The summed E-state index contributed by atoms with van der Waals surface area (Å²) in [6.45, 7) is 4.56. The maximum Gasteiger partial charge on any atom is 0.255 e. The Morgan fingerprint density at radius 1 is 1.11 bits per heavy atom. The van der Waals surface area contributed by atoms with Crippen LogP contribution in [0.4, 0.5) is 11.4 Å². The summed E-state index contributed by atoms with van der Waals surface area (Å²) in [5.41, 5.74) is 1.83. The molecule has 6 heteroatoms. The Bertz CT molecular complexity index is 846. The van der Waals surface area contributed by atoms with Gasteiger partial charge in [-0.1, -0.05) is 0 Å². The van der Waals surface area contributed by atoms with Crippen molar-refractivity contribution >= 4 is 23.2 Å². The van der Waals surface area contributed by atoms with E-state index in [1.165, 1.54) is 0 Å². The smallest absolute Gasteiger partial charge is 0.255 e. The fourth-order valence-corrected chi connectivity index (χ4v) is 3.20. The van der Waals surface area contributed by atoms with Gasteiger partial charge < -0.3 is 19.7 Å². The molecule has 0 saturated carbocycles. The molecule has 1 fully saturated rings. The van der Waals surface area contributed by atoms with Crippen LogP contribution in [0.3, 0.4) is 0 Å². The average Bonchev–Trinajstić information content (AvgIpc) is 2.68. The highest BCUT2D eigenvalue weighted by molar-refractivity contribution is 6.05. The summed E-state index contributed by atoms with van der Waals surface area (Å²) >= 11 is 0. The second-order valence-electron chi connectivity index (χ2n) is 7.03. The van der Waals surface area contributed by atoms with Gasteiger partial charge in [0.15, 0.2) is 0 Å². The first-order valence-electron chi connectivity index (χ1n) is 9.54. The minimum Gasteiger partial charge on any atom is -0.495 e.